The van der Waals surface area contributed by atoms with Crippen molar-refractivity contribution in [2.75, 3.05) is 55.3 Å². The molecule has 2 N–H and O–H groups in total. The Labute approximate surface area is 197 Å². The molecule has 1 saturated heterocycles. The van der Waals surface area contributed by atoms with Crippen LogP contribution in [-0.2, 0) is 11.2 Å². The van der Waals surface area contributed by atoms with Gasteiger partial charge in [-0.1, -0.05) is 12.1 Å². The average Bonchev–Trinajstić information content (AvgIpc) is 3.53. The minimum Gasteiger partial charge on any atom is -0.461 e. The molecule has 34 heavy (non-hydrogen) atoms. The molecule has 0 aliphatic carbocycles. The highest BCUT2D eigenvalue weighted by molar-refractivity contribution is 5.73. The summed E-state index contributed by atoms with van der Waals surface area (Å²) in [7, 11) is 1.99. The number of nitrogens with two attached hydrogens (primary N) is 1. The summed E-state index contributed by atoms with van der Waals surface area (Å²) >= 11 is 0. The molecule has 1 aliphatic rings. The third-order valence-corrected chi connectivity index (χ3v) is 6.23. The molecular formula is C24H28N8O2. The van der Waals surface area contributed by atoms with Gasteiger partial charge in [0.05, 0.1) is 6.26 Å². The molecule has 1 amide bonds. The van der Waals surface area contributed by atoms with Crippen LogP contribution in [0.4, 0.5) is 17.5 Å². The van der Waals surface area contributed by atoms with Crippen LogP contribution in [0.3, 0.4) is 0 Å². The number of nitrogens with zero attached hydrogens (tertiary/aromatic N) is 7. The van der Waals surface area contributed by atoms with E-state index >= 15 is 0 Å². The van der Waals surface area contributed by atoms with Gasteiger partial charge in [-0.3, -0.25) is 4.79 Å². The third kappa shape index (κ3) is 4.39. The normalized spacial score (nSPS) is 14.1. The summed E-state index contributed by atoms with van der Waals surface area (Å²) in [4.78, 5) is 26.8. The van der Waals surface area contributed by atoms with Crippen molar-refractivity contribution in [2.24, 2.45) is 0 Å². The second-order valence-electron chi connectivity index (χ2n) is 8.49. The molecule has 3 aromatic heterocycles. The first-order valence-electron chi connectivity index (χ1n) is 11.4. The van der Waals surface area contributed by atoms with Crippen LogP contribution < -0.4 is 15.5 Å². The van der Waals surface area contributed by atoms with Gasteiger partial charge in [0.25, 0.3) is 0 Å². The molecule has 1 aliphatic heterocycles. The number of hydrogen-bond acceptors (Lipinski definition) is 8. The predicted molar refractivity (Wildman–Crippen MR) is 131 cm³/mol. The molecule has 0 unspecified atom stereocenters. The second kappa shape index (κ2) is 9.05. The van der Waals surface area contributed by atoms with Crippen molar-refractivity contribution in [2.45, 2.75) is 13.3 Å². The fourth-order valence-corrected chi connectivity index (χ4v) is 4.17. The Balaban J connectivity index is 1.22. The van der Waals surface area contributed by atoms with Gasteiger partial charge in [-0.05, 0) is 36.2 Å². The molecule has 1 aromatic carbocycles. The molecule has 10 heteroatoms. The molecule has 4 aromatic rings. The van der Waals surface area contributed by atoms with Gasteiger partial charge in [-0.15, -0.1) is 5.10 Å². The predicted octanol–water partition coefficient (Wildman–Crippen LogP) is 2.31. The summed E-state index contributed by atoms with van der Waals surface area (Å²) in [6.07, 6.45) is 2.45. The maximum Gasteiger partial charge on any atom is 0.225 e. The molecular weight excluding hydrogens is 432 g/mol. The molecule has 176 valence electrons. The Morgan fingerprint density at radius 2 is 1.88 bits per heavy atom. The molecule has 0 bridgehead atoms. The summed E-state index contributed by atoms with van der Waals surface area (Å²) in [6, 6.07) is 14.1. The number of piperazine rings is 1. The average molecular weight is 461 g/mol. The van der Waals surface area contributed by atoms with Crippen LogP contribution in [0, 0.1) is 0 Å². The summed E-state index contributed by atoms with van der Waals surface area (Å²) in [6.45, 7) is 5.68. The lowest BCUT2D eigenvalue weighted by molar-refractivity contribution is -0.129. The van der Waals surface area contributed by atoms with Crippen LogP contribution in [0.15, 0.2) is 53.1 Å². The largest absolute Gasteiger partial charge is 0.461 e. The van der Waals surface area contributed by atoms with Crippen molar-refractivity contribution in [1.29, 1.82) is 0 Å². The number of nitrogen functional groups attached to an aromatic ring is 1. The smallest absolute Gasteiger partial charge is 0.225 e. The number of aromatic nitrogens is 4. The molecule has 4 heterocycles. The minimum absolute atomic E-state index is 0.150. The number of fused-ring (bicyclic) bond motifs is 1. The van der Waals surface area contributed by atoms with Crippen molar-refractivity contribution in [3.8, 4) is 11.6 Å². The number of anilines is 3. The quantitative estimate of drug-likeness (QED) is 0.467. The van der Waals surface area contributed by atoms with E-state index in [1.807, 2.05) is 24.1 Å². The van der Waals surface area contributed by atoms with Gasteiger partial charge in [0.2, 0.25) is 17.7 Å². The number of furan rings is 1. The zero-order valence-electron chi connectivity index (χ0n) is 19.4. The van der Waals surface area contributed by atoms with Crippen molar-refractivity contribution in [1.82, 2.24) is 24.5 Å². The van der Waals surface area contributed by atoms with E-state index in [9.17, 15) is 4.79 Å². The van der Waals surface area contributed by atoms with Crippen molar-refractivity contribution < 1.29 is 9.21 Å². The van der Waals surface area contributed by atoms with Crippen molar-refractivity contribution in [3.63, 3.8) is 0 Å². The maximum atomic E-state index is 11.5. The Morgan fingerprint density at radius 3 is 2.56 bits per heavy atom. The fraction of sp³-hybridized carbons (Fsp3) is 0.333. The number of likely N-dealkylation sites (N-methyl/N-ethyl adjacent to an activating group) is 1. The molecule has 5 rings (SSSR count). The number of amides is 1. The first kappa shape index (κ1) is 21.7. The molecule has 1 fully saturated rings. The summed E-state index contributed by atoms with van der Waals surface area (Å²) in [5, 5.41) is 4.39. The van der Waals surface area contributed by atoms with E-state index in [4.69, 9.17) is 10.2 Å². The third-order valence-electron chi connectivity index (χ3n) is 6.23. The van der Waals surface area contributed by atoms with Crippen LogP contribution in [0.1, 0.15) is 12.5 Å². The van der Waals surface area contributed by atoms with Gasteiger partial charge in [0, 0.05) is 58.4 Å². The van der Waals surface area contributed by atoms with Gasteiger partial charge in [-0.2, -0.15) is 9.50 Å². The number of rotatable bonds is 6. The Hall–Kier alpha value is -4.08. The van der Waals surface area contributed by atoms with Crippen LogP contribution in [-0.4, -0.2) is 70.2 Å². The maximum absolute atomic E-state index is 11.5. The lowest BCUT2D eigenvalue weighted by Gasteiger charge is -2.35. The zero-order valence-corrected chi connectivity index (χ0v) is 19.4. The Bertz CT molecular complexity index is 1270. The minimum atomic E-state index is 0.150. The lowest BCUT2D eigenvalue weighted by Crippen LogP contribution is -2.48. The van der Waals surface area contributed by atoms with Crippen LogP contribution in [0.5, 0.6) is 0 Å². The first-order chi connectivity index (χ1) is 16.5. The highest BCUT2D eigenvalue weighted by atomic mass is 16.3. The number of benzene rings is 1. The topological polar surface area (TPSA) is 109 Å². The van der Waals surface area contributed by atoms with Crippen molar-refractivity contribution >= 4 is 29.0 Å². The Kier molecular flexibility index (Phi) is 5.79. The van der Waals surface area contributed by atoms with Gasteiger partial charge in [0.1, 0.15) is 5.82 Å². The first-order valence-corrected chi connectivity index (χ1v) is 11.4. The molecule has 10 nitrogen and oxygen atoms in total. The molecule has 0 radical (unpaired) electrons. The summed E-state index contributed by atoms with van der Waals surface area (Å²) in [5.74, 6) is 2.22. The number of hydrogen-bond donors (Lipinski definition) is 1. The SMILES string of the molecule is CC(=O)N1CCN(c2ccc(CCN(C)c3cc4nc(-c5ccco5)nn4c(N)n3)cc2)CC1. The summed E-state index contributed by atoms with van der Waals surface area (Å²) < 4.78 is 6.90. The van der Waals surface area contributed by atoms with E-state index < -0.39 is 0 Å². The second-order valence-corrected chi connectivity index (χ2v) is 8.49. The van der Waals surface area contributed by atoms with Gasteiger partial charge >= 0.3 is 0 Å². The van der Waals surface area contributed by atoms with E-state index in [-0.39, 0.29) is 11.9 Å². The van der Waals surface area contributed by atoms with E-state index in [0.717, 1.165) is 45.0 Å². The van der Waals surface area contributed by atoms with E-state index in [1.165, 1.54) is 15.8 Å². The van der Waals surface area contributed by atoms with E-state index in [2.05, 4.69) is 49.1 Å². The standard InChI is InChI=1S/C24H28N8O2/c1-17(33)30-11-13-31(14-12-30)19-7-5-18(6-8-19)9-10-29(2)21-16-22-26-23(20-4-3-15-34-20)28-32(22)24(25)27-21/h3-8,15-16H,9-14H2,1-2H3,(H2,25,27). The fourth-order valence-electron chi connectivity index (χ4n) is 4.17. The molecule has 0 saturated carbocycles. The zero-order chi connectivity index (χ0) is 23.7. The van der Waals surface area contributed by atoms with Crippen LogP contribution in [0.25, 0.3) is 17.2 Å². The van der Waals surface area contributed by atoms with Gasteiger partial charge in [0.15, 0.2) is 11.4 Å². The monoisotopic (exact) mass is 460 g/mol. The van der Waals surface area contributed by atoms with Gasteiger partial charge < -0.3 is 24.9 Å². The van der Waals surface area contributed by atoms with Crippen LogP contribution in [0.2, 0.25) is 0 Å². The molecule has 0 atom stereocenters. The van der Waals surface area contributed by atoms with E-state index in [0.29, 0.717) is 17.2 Å². The highest BCUT2D eigenvalue weighted by Crippen LogP contribution is 2.22. The van der Waals surface area contributed by atoms with E-state index in [1.54, 1.807) is 19.3 Å². The number of carbonyl (C=O) groups excluding carboxylic acids is 1. The van der Waals surface area contributed by atoms with Crippen LogP contribution >= 0.6 is 0 Å². The number of carbonyl (C=O) groups is 1. The van der Waals surface area contributed by atoms with Crippen molar-refractivity contribution in [3.05, 3.63) is 54.3 Å². The molecule has 0 spiro atoms. The summed E-state index contributed by atoms with van der Waals surface area (Å²) in [5.41, 5.74) is 9.21. The lowest BCUT2D eigenvalue weighted by atomic mass is 10.1. The van der Waals surface area contributed by atoms with Gasteiger partial charge in [-0.25, -0.2) is 4.98 Å². The highest BCUT2D eigenvalue weighted by Gasteiger charge is 2.19. The Morgan fingerprint density at radius 1 is 1.12 bits per heavy atom.